The van der Waals surface area contributed by atoms with Gasteiger partial charge in [-0.15, -0.1) is 0 Å². The highest BCUT2D eigenvalue weighted by Gasteiger charge is 2.26. The SMILES string of the molecule is COC(=O)c1c(N)nsc1N1CCCC(C)C1. The number of carbonyl (C=O) groups excluding carboxylic acids is 1. The number of methoxy groups -OCH3 is 1. The van der Waals surface area contributed by atoms with E-state index in [0.29, 0.717) is 11.5 Å². The van der Waals surface area contributed by atoms with Crippen molar-refractivity contribution in [2.24, 2.45) is 5.92 Å². The highest BCUT2D eigenvalue weighted by atomic mass is 32.1. The third-order valence-corrected chi connectivity index (χ3v) is 3.96. The van der Waals surface area contributed by atoms with Gasteiger partial charge in [-0.05, 0) is 30.3 Å². The lowest BCUT2D eigenvalue weighted by molar-refractivity contribution is 0.0603. The van der Waals surface area contributed by atoms with E-state index in [4.69, 9.17) is 10.5 Å². The minimum Gasteiger partial charge on any atom is -0.465 e. The first-order chi connectivity index (χ1) is 8.13. The maximum absolute atomic E-state index is 11.7. The van der Waals surface area contributed by atoms with Crippen molar-refractivity contribution >= 4 is 28.3 Å². The van der Waals surface area contributed by atoms with Gasteiger partial charge in [0.15, 0.2) is 5.82 Å². The molecule has 0 radical (unpaired) electrons. The molecule has 0 amide bonds. The van der Waals surface area contributed by atoms with Crippen LogP contribution < -0.4 is 10.6 Å². The van der Waals surface area contributed by atoms with E-state index in [1.165, 1.54) is 25.1 Å². The monoisotopic (exact) mass is 255 g/mol. The van der Waals surface area contributed by atoms with E-state index < -0.39 is 5.97 Å². The molecule has 2 N–H and O–H groups in total. The molecule has 5 nitrogen and oxygen atoms in total. The Hall–Kier alpha value is -1.30. The number of carbonyl (C=O) groups is 1. The van der Waals surface area contributed by atoms with Crippen LogP contribution >= 0.6 is 11.5 Å². The quantitative estimate of drug-likeness (QED) is 0.815. The molecule has 1 saturated heterocycles. The van der Waals surface area contributed by atoms with Crippen molar-refractivity contribution in [2.45, 2.75) is 19.8 Å². The van der Waals surface area contributed by atoms with E-state index in [9.17, 15) is 4.79 Å². The van der Waals surface area contributed by atoms with Crippen LogP contribution in [0.3, 0.4) is 0 Å². The van der Waals surface area contributed by atoms with Crippen LogP contribution in [0.25, 0.3) is 0 Å². The van der Waals surface area contributed by atoms with Crippen molar-refractivity contribution in [1.29, 1.82) is 0 Å². The molecule has 2 heterocycles. The lowest BCUT2D eigenvalue weighted by Gasteiger charge is -2.31. The van der Waals surface area contributed by atoms with Gasteiger partial charge in [0.05, 0.1) is 7.11 Å². The van der Waals surface area contributed by atoms with Crippen molar-refractivity contribution in [3.63, 3.8) is 0 Å². The zero-order valence-electron chi connectivity index (χ0n) is 10.1. The summed E-state index contributed by atoms with van der Waals surface area (Å²) in [6.45, 7) is 4.12. The molecule has 0 spiro atoms. The number of anilines is 2. The molecule has 94 valence electrons. The van der Waals surface area contributed by atoms with Gasteiger partial charge in [0, 0.05) is 13.1 Å². The maximum Gasteiger partial charge on any atom is 0.344 e. The number of piperidine rings is 1. The number of ether oxygens (including phenoxy) is 1. The third kappa shape index (κ3) is 2.36. The van der Waals surface area contributed by atoms with Crippen molar-refractivity contribution in [2.75, 3.05) is 30.8 Å². The van der Waals surface area contributed by atoms with Gasteiger partial charge >= 0.3 is 5.97 Å². The zero-order chi connectivity index (χ0) is 12.4. The molecule has 1 atom stereocenters. The Balaban J connectivity index is 2.28. The molecule has 1 unspecified atom stereocenters. The van der Waals surface area contributed by atoms with Crippen LogP contribution in [0.2, 0.25) is 0 Å². The van der Waals surface area contributed by atoms with Crippen LogP contribution in [-0.4, -0.2) is 30.5 Å². The molecule has 1 aromatic heterocycles. The van der Waals surface area contributed by atoms with Crippen LogP contribution in [0.1, 0.15) is 30.1 Å². The van der Waals surface area contributed by atoms with Gasteiger partial charge in [0.25, 0.3) is 0 Å². The molecule has 0 saturated carbocycles. The minimum atomic E-state index is -0.399. The molecule has 0 aromatic carbocycles. The molecule has 0 bridgehead atoms. The Morgan fingerprint density at radius 2 is 2.41 bits per heavy atom. The summed E-state index contributed by atoms with van der Waals surface area (Å²) in [7, 11) is 1.36. The number of nitrogens with two attached hydrogens (primary N) is 1. The summed E-state index contributed by atoms with van der Waals surface area (Å²) in [6.07, 6.45) is 2.37. The lowest BCUT2D eigenvalue weighted by atomic mass is 10.0. The summed E-state index contributed by atoms with van der Waals surface area (Å²) < 4.78 is 8.82. The number of nitrogen functional groups attached to an aromatic ring is 1. The Bertz CT molecular complexity index is 419. The number of hydrogen-bond acceptors (Lipinski definition) is 6. The topological polar surface area (TPSA) is 68.5 Å². The van der Waals surface area contributed by atoms with Crippen molar-refractivity contribution in [3.8, 4) is 0 Å². The minimum absolute atomic E-state index is 0.273. The summed E-state index contributed by atoms with van der Waals surface area (Å²) in [5.41, 5.74) is 6.15. The van der Waals surface area contributed by atoms with E-state index in [1.54, 1.807) is 0 Å². The van der Waals surface area contributed by atoms with Gasteiger partial charge in [-0.2, -0.15) is 4.37 Å². The van der Waals surface area contributed by atoms with Gasteiger partial charge in [-0.25, -0.2) is 4.79 Å². The van der Waals surface area contributed by atoms with Crippen molar-refractivity contribution in [3.05, 3.63) is 5.56 Å². The fraction of sp³-hybridized carbons (Fsp3) is 0.636. The second-order valence-electron chi connectivity index (χ2n) is 4.43. The number of aromatic nitrogens is 1. The lowest BCUT2D eigenvalue weighted by Crippen LogP contribution is -2.34. The molecule has 0 aliphatic carbocycles. The molecule has 1 aliphatic rings. The van der Waals surface area contributed by atoms with Gasteiger partial charge in [-0.1, -0.05) is 6.92 Å². The van der Waals surface area contributed by atoms with E-state index >= 15 is 0 Å². The van der Waals surface area contributed by atoms with Gasteiger partial charge in [-0.3, -0.25) is 0 Å². The molecule has 6 heteroatoms. The summed E-state index contributed by atoms with van der Waals surface area (Å²) in [6, 6.07) is 0. The Labute approximate surface area is 105 Å². The molecule has 1 aromatic rings. The molecule has 2 rings (SSSR count). The van der Waals surface area contributed by atoms with Crippen LogP contribution in [0, 0.1) is 5.92 Å². The summed E-state index contributed by atoms with van der Waals surface area (Å²) in [4.78, 5) is 13.9. The standard InChI is InChI=1S/C11H17N3O2S/c1-7-4-3-5-14(6-7)10-8(11(15)16-2)9(12)13-17-10/h7H,3-6H2,1-2H3,(H2,12,13). The molecule has 1 fully saturated rings. The number of hydrogen-bond donors (Lipinski definition) is 1. The smallest absolute Gasteiger partial charge is 0.344 e. The number of nitrogens with zero attached hydrogens (tertiary/aromatic N) is 2. The normalized spacial score (nSPS) is 20.4. The summed E-state index contributed by atoms with van der Waals surface area (Å²) >= 11 is 1.28. The zero-order valence-corrected chi connectivity index (χ0v) is 10.9. The number of esters is 1. The predicted octanol–water partition coefficient (Wildman–Crippen LogP) is 1.75. The van der Waals surface area contributed by atoms with Gasteiger partial charge in [0.1, 0.15) is 10.6 Å². The van der Waals surface area contributed by atoms with Crippen LogP contribution in [0.15, 0.2) is 0 Å². The molecule has 1 aliphatic heterocycles. The maximum atomic E-state index is 11.7. The Morgan fingerprint density at radius 3 is 3.06 bits per heavy atom. The van der Waals surface area contributed by atoms with Gasteiger partial charge < -0.3 is 15.4 Å². The van der Waals surface area contributed by atoms with Crippen LogP contribution in [-0.2, 0) is 4.74 Å². The summed E-state index contributed by atoms with van der Waals surface area (Å²) in [5, 5.41) is 0.848. The largest absolute Gasteiger partial charge is 0.465 e. The Kier molecular flexibility index (Phi) is 3.51. The van der Waals surface area contributed by atoms with E-state index in [1.807, 2.05) is 0 Å². The number of rotatable bonds is 2. The van der Waals surface area contributed by atoms with E-state index in [2.05, 4.69) is 16.2 Å². The average Bonchev–Trinajstić information content (AvgIpc) is 2.70. The van der Waals surface area contributed by atoms with Crippen molar-refractivity contribution < 1.29 is 9.53 Å². The highest BCUT2D eigenvalue weighted by molar-refractivity contribution is 7.11. The third-order valence-electron chi connectivity index (χ3n) is 3.03. The average molecular weight is 255 g/mol. The van der Waals surface area contributed by atoms with E-state index in [-0.39, 0.29) is 5.82 Å². The van der Waals surface area contributed by atoms with Crippen LogP contribution in [0.4, 0.5) is 10.8 Å². The summed E-state index contributed by atoms with van der Waals surface area (Å²) in [5.74, 6) is 0.511. The highest BCUT2D eigenvalue weighted by Crippen LogP contribution is 2.33. The first kappa shape index (κ1) is 12.2. The fourth-order valence-corrected chi connectivity index (χ4v) is 3.01. The van der Waals surface area contributed by atoms with E-state index in [0.717, 1.165) is 24.5 Å². The van der Waals surface area contributed by atoms with Crippen molar-refractivity contribution in [1.82, 2.24) is 4.37 Å². The first-order valence-electron chi connectivity index (χ1n) is 5.72. The molecular formula is C11H17N3O2S. The predicted molar refractivity (Wildman–Crippen MR) is 68.5 cm³/mol. The Morgan fingerprint density at radius 1 is 1.65 bits per heavy atom. The first-order valence-corrected chi connectivity index (χ1v) is 6.49. The molecular weight excluding hydrogens is 238 g/mol. The van der Waals surface area contributed by atoms with Gasteiger partial charge in [0.2, 0.25) is 0 Å². The second kappa shape index (κ2) is 4.91. The second-order valence-corrected chi connectivity index (χ2v) is 5.18. The molecule has 17 heavy (non-hydrogen) atoms. The fourth-order valence-electron chi connectivity index (χ4n) is 2.18. The van der Waals surface area contributed by atoms with Crippen LogP contribution in [0.5, 0.6) is 0 Å².